The van der Waals surface area contributed by atoms with Crippen molar-refractivity contribution in [3.05, 3.63) is 124 Å². The molecule has 0 amide bonds. The summed E-state index contributed by atoms with van der Waals surface area (Å²) < 4.78 is 17.1. The van der Waals surface area contributed by atoms with E-state index in [-0.39, 0.29) is 23.1 Å². The van der Waals surface area contributed by atoms with Gasteiger partial charge in [-0.05, 0) is 66.1 Å². The SMILES string of the molecule is Cc1c(OC(=O)c2cc3cc(Cl)ccc3o2)ccc2c1O/C(=C\c1ccc(-c3ccccc3)cc1)C2=O. The quantitative estimate of drug-likeness (QED) is 0.141. The number of allylic oxidation sites excluding steroid dienone is 1. The molecule has 0 atom stereocenters. The van der Waals surface area contributed by atoms with E-state index in [1.54, 1.807) is 49.4 Å². The van der Waals surface area contributed by atoms with Crippen LogP contribution >= 0.6 is 11.6 Å². The fraction of sp³-hybridized carbons (Fsp3) is 0.0323. The Morgan fingerprint density at radius 3 is 2.43 bits per heavy atom. The molecule has 1 aromatic heterocycles. The summed E-state index contributed by atoms with van der Waals surface area (Å²) in [6, 6.07) is 27.8. The van der Waals surface area contributed by atoms with E-state index in [0.29, 0.717) is 32.9 Å². The van der Waals surface area contributed by atoms with Crippen molar-refractivity contribution in [1.29, 1.82) is 0 Å². The molecule has 180 valence electrons. The first-order chi connectivity index (χ1) is 18.0. The lowest BCUT2D eigenvalue weighted by Gasteiger charge is -2.09. The Balaban J connectivity index is 1.23. The standard InChI is InChI=1S/C31H19ClO5/c1-18-25(37-31(34)28-17-22-16-23(32)11-13-26(22)35-28)14-12-24-29(33)27(36-30(18)24)15-19-7-9-21(10-8-19)20-5-3-2-4-6-20/h2-17H,1H3/b27-15-. The smallest absolute Gasteiger partial charge is 0.379 e. The highest BCUT2D eigenvalue weighted by Crippen LogP contribution is 2.39. The Kier molecular flexibility index (Phi) is 5.63. The normalized spacial score (nSPS) is 13.6. The number of rotatable bonds is 4. The van der Waals surface area contributed by atoms with E-state index in [4.69, 9.17) is 25.5 Å². The van der Waals surface area contributed by atoms with Crippen LogP contribution in [0.25, 0.3) is 28.2 Å². The van der Waals surface area contributed by atoms with E-state index < -0.39 is 5.97 Å². The maximum atomic E-state index is 13.0. The number of hydrogen-bond donors (Lipinski definition) is 0. The van der Waals surface area contributed by atoms with Crippen LogP contribution in [0, 0.1) is 6.92 Å². The zero-order valence-corrected chi connectivity index (χ0v) is 20.4. The third-order valence-corrected chi connectivity index (χ3v) is 6.47. The number of furan rings is 1. The Hall–Kier alpha value is -4.61. The third-order valence-electron chi connectivity index (χ3n) is 6.23. The molecule has 0 radical (unpaired) electrons. The van der Waals surface area contributed by atoms with Crippen LogP contribution in [-0.4, -0.2) is 11.8 Å². The zero-order valence-electron chi connectivity index (χ0n) is 19.7. The van der Waals surface area contributed by atoms with Crippen molar-refractivity contribution in [3.63, 3.8) is 0 Å². The van der Waals surface area contributed by atoms with E-state index in [0.717, 1.165) is 16.7 Å². The predicted molar refractivity (Wildman–Crippen MR) is 142 cm³/mol. The number of halogens is 1. The molecule has 6 heteroatoms. The van der Waals surface area contributed by atoms with Crippen molar-refractivity contribution in [2.45, 2.75) is 6.92 Å². The summed E-state index contributed by atoms with van der Waals surface area (Å²) in [5.74, 6) is 0.0329. The first-order valence-corrected chi connectivity index (χ1v) is 12.0. The summed E-state index contributed by atoms with van der Waals surface area (Å²) in [7, 11) is 0. The zero-order chi connectivity index (χ0) is 25.5. The van der Waals surface area contributed by atoms with Crippen LogP contribution < -0.4 is 9.47 Å². The Bertz CT molecular complexity index is 1710. The number of hydrogen-bond acceptors (Lipinski definition) is 5. The maximum absolute atomic E-state index is 13.0. The molecule has 4 aromatic carbocycles. The van der Waals surface area contributed by atoms with E-state index in [2.05, 4.69) is 0 Å². The maximum Gasteiger partial charge on any atom is 0.379 e. The Morgan fingerprint density at radius 2 is 1.65 bits per heavy atom. The minimum absolute atomic E-state index is 0.0497. The van der Waals surface area contributed by atoms with Crippen molar-refractivity contribution < 1.29 is 23.5 Å². The molecule has 0 fully saturated rings. The summed E-state index contributed by atoms with van der Waals surface area (Å²) >= 11 is 6.02. The molecule has 0 N–H and O–H groups in total. The molecule has 1 aliphatic heterocycles. The van der Waals surface area contributed by atoms with Crippen molar-refractivity contribution >= 4 is 40.4 Å². The van der Waals surface area contributed by atoms with Gasteiger partial charge in [-0.2, -0.15) is 0 Å². The van der Waals surface area contributed by atoms with Gasteiger partial charge in [-0.25, -0.2) is 4.79 Å². The molecular weight excluding hydrogens is 488 g/mol. The van der Waals surface area contributed by atoms with Gasteiger partial charge in [0, 0.05) is 16.0 Å². The Morgan fingerprint density at radius 1 is 0.892 bits per heavy atom. The van der Waals surface area contributed by atoms with E-state index in [1.807, 2.05) is 54.6 Å². The lowest BCUT2D eigenvalue weighted by molar-refractivity contribution is 0.0702. The van der Waals surface area contributed by atoms with Gasteiger partial charge in [-0.1, -0.05) is 66.2 Å². The average molecular weight is 507 g/mol. The predicted octanol–water partition coefficient (Wildman–Crippen LogP) is 7.90. The number of ether oxygens (including phenoxy) is 2. The molecular formula is C31H19ClO5. The topological polar surface area (TPSA) is 65.7 Å². The molecule has 0 bridgehead atoms. The highest BCUT2D eigenvalue weighted by molar-refractivity contribution is 6.31. The highest BCUT2D eigenvalue weighted by Gasteiger charge is 2.31. The fourth-order valence-electron chi connectivity index (χ4n) is 4.30. The molecule has 6 rings (SSSR count). The number of carbonyl (C=O) groups excluding carboxylic acids is 2. The summed E-state index contributed by atoms with van der Waals surface area (Å²) in [4.78, 5) is 25.7. The van der Waals surface area contributed by atoms with Crippen molar-refractivity contribution in [3.8, 4) is 22.6 Å². The van der Waals surface area contributed by atoms with Crippen LogP contribution in [0.5, 0.6) is 11.5 Å². The largest absolute Gasteiger partial charge is 0.452 e. The molecule has 2 heterocycles. The molecule has 0 saturated heterocycles. The van der Waals surface area contributed by atoms with Gasteiger partial charge in [-0.15, -0.1) is 0 Å². The van der Waals surface area contributed by atoms with E-state index in [9.17, 15) is 9.59 Å². The molecule has 1 aliphatic rings. The number of Topliss-reactive ketones (excluding diaryl/α,β-unsaturated/α-hetero) is 1. The van der Waals surface area contributed by atoms with E-state index >= 15 is 0 Å². The lowest BCUT2D eigenvalue weighted by atomic mass is 10.0. The molecule has 0 saturated carbocycles. The van der Waals surface area contributed by atoms with Crippen LogP contribution in [0.3, 0.4) is 0 Å². The number of benzene rings is 4. The van der Waals surface area contributed by atoms with Gasteiger partial charge in [0.1, 0.15) is 17.1 Å². The number of esters is 1. The molecule has 5 nitrogen and oxygen atoms in total. The fourth-order valence-corrected chi connectivity index (χ4v) is 4.48. The number of ketones is 1. The minimum Gasteiger partial charge on any atom is -0.452 e. The third kappa shape index (κ3) is 4.30. The number of fused-ring (bicyclic) bond motifs is 2. The van der Waals surface area contributed by atoms with Gasteiger partial charge < -0.3 is 13.9 Å². The van der Waals surface area contributed by atoms with Crippen LogP contribution in [0.1, 0.15) is 32.0 Å². The van der Waals surface area contributed by atoms with Crippen LogP contribution in [0.2, 0.25) is 5.02 Å². The van der Waals surface area contributed by atoms with Gasteiger partial charge >= 0.3 is 5.97 Å². The first kappa shape index (κ1) is 22.8. The van der Waals surface area contributed by atoms with Gasteiger partial charge in [0.25, 0.3) is 0 Å². The van der Waals surface area contributed by atoms with Crippen LogP contribution in [0.15, 0.2) is 101 Å². The second-order valence-electron chi connectivity index (χ2n) is 8.68. The average Bonchev–Trinajstić information content (AvgIpc) is 3.48. The molecule has 0 spiro atoms. The summed E-state index contributed by atoms with van der Waals surface area (Å²) in [5.41, 5.74) is 4.53. The van der Waals surface area contributed by atoms with Gasteiger partial charge in [0.2, 0.25) is 11.5 Å². The second-order valence-corrected chi connectivity index (χ2v) is 9.11. The van der Waals surface area contributed by atoms with Gasteiger partial charge in [0.15, 0.2) is 5.76 Å². The van der Waals surface area contributed by atoms with Crippen LogP contribution in [0.4, 0.5) is 0 Å². The highest BCUT2D eigenvalue weighted by atomic mass is 35.5. The summed E-state index contributed by atoms with van der Waals surface area (Å²) in [6.45, 7) is 1.74. The first-order valence-electron chi connectivity index (χ1n) is 11.6. The monoisotopic (exact) mass is 506 g/mol. The summed E-state index contributed by atoms with van der Waals surface area (Å²) in [5, 5.41) is 1.24. The van der Waals surface area contributed by atoms with E-state index in [1.165, 1.54) is 0 Å². The molecule has 0 unspecified atom stereocenters. The summed E-state index contributed by atoms with van der Waals surface area (Å²) in [6.07, 6.45) is 1.71. The number of carbonyl (C=O) groups is 2. The second kappa shape index (κ2) is 9.12. The molecule has 0 aliphatic carbocycles. The van der Waals surface area contributed by atoms with Crippen LogP contribution in [-0.2, 0) is 0 Å². The minimum atomic E-state index is -0.658. The van der Waals surface area contributed by atoms with Gasteiger partial charge in [0.05, 0.1) is 5.56 Å². The lowest BCUT2D eigenvalue weighted by Crippen LogP contribution is -2.08. The molecule has 5 aromatic rings. The van der Waals surface area contributed by atoms with Crippen molar-refractivity contribution in [1.82, 2.24) is 0 Å². The Labute approximate surface area is 217 Å². The van der Waals surface area contributed by atoms with Crippen molar-refractivity contribution in [2.75, 3.05) is 0 Å². The van der Waals surface area contributed by atoms with Crippen molar-refractivity contribution in [2.24, 2.45) is 0 Å². The molecule has 37 heavy (non-hydrogen) atoms. The van der Waals surface area contributed by atoms with Gasteiger partial charge in [-0.3, -0.25) is 4.79 Å².